The number of aryl methyl sites for hydroxylation is 1. The minimum absolute atomic E-state index is 0.00101. The first kappa shape index (κ1) is 18.2. The number of amides is 2. The molecule has 1 unspecified atom stereocenters. The second-order valence-electron chi connectivity index (χ2n) is 7.56. The number of hydrogen-bond donors (Lipinski definition) is 0. The minimum Gasteiger partial charge on any atom is -0.335 e. The van der Waals surface area contributed by atoms with Gasteiger partial charge in [-0.2, -0.15) is 0 Å². The molecule has 3 heterocycles. The highest BCUT2D eigenvalue weighted by molar-refractivity contribution is 7.07. The van der Waals surface area contributed by atoms with Crippen molar-refractivity contribution in [2.24, 2.45) is 0 Å². The molecule has 4 rings (SSSR count). The Labute approximate surface area is 164 Å². The van der Waals surface area contributed by atoms with Gasteiger partial charge in [0.1, 0.15) is 5.69 Å². The van der Waals surface area contributed by atoms with Gasteiger partial charge in [0, 0.05) is 31.4 Å². The van der Waals surface area contributed by atoms with E-state index < -0.39 is 0 Å². The molecule has 2 aliphatic heterocycles. The van der Waals surface area contributed by atoms with Gasteiger partial charge in [-0.05, 0) is 37.7 Å². The molecule has 5 nitrogen and oxygen atoms in total. The van der Waals surface area contributed by atoms with Gasteiger partial charge in [0.05, 0.1) is 11.0 Å². The second kappa shape index (κ2) is 7.80. The van der Waals surface area contributed by atoms with Gasteiger partial charge in [-0.3, -0.25) is 9.59 Å². The Kier molecular flexibility index (Phi) is 5.25. The van der Waals surface area contributed by atoms with Crippen LogP contribution >= 0.6 is 11.3 Å². The zero-order valence-electron chi connectivity index (χ0n) is 15.5. The molecule has 1 aromatic heterocycles. The number of aromatic nitrogens is 1. The topological polar surface area (TPSA) is 53.5 Å². The van der Waals surface area contributed by atoms with Gasteiger partial charge < -0.3 is 9.80 Å². The average molecular weight is 384 g/mol. The quantitative estimate of drug-likeness (QED) is 0.813. The predicted molar refractivity (Wildman–Crippen MR) is 106 cm³/mol. The summed E-state index contributed by atoms with van der Waals surface area (Å²) in [4.78, 5) is 33.9. The molecule has 2 saturated heterocycles. The lowest BCUT2D eigenvalue weighted by Gasteiger charge is -2.46. The molecular weight excluding hydrogens is 358 g/mol. The molecule has 0 radical (unpaired) electrons. The third kappa shape index (κ3) is 3.76. The molecule has 1 aromatic carbocycles. The summed E-state index contributed by atoms with van der Waals surface area (Å²) in [5.74, 6) is 0.221. The highest BCUT2D eigenvalue weighted by Crippen LogP contribution is 2.38. The van der Waals surface area contributed by atoms with Crippen molar-refractivity contribution in [3.63, 3.8) is 0 Å². The summed E-state index contributed by atoms with van der Waals surface area (Å²) < 4.78 is 0. The second-order valence-corrected chi connectivity index (χ2v) is 8.28. The first-order valence-corrected chi connectivity index (χ1v) is 10.6. The maximum absolute atomic E-state index is 13.0. The van der Waals surface area contributed by atoms with Crippen molar-refractivity contribution in [3.05, 3.63) is 52.5 Å². The summed E-state index contributed by atoms with van der Waals surface area (Å²) in [6, 6.07) is 10.2. The van der Waals surface area contributed by atoms with Crippen LogP contribution in [0.3, 0.4) is 0 Å². The first-order chi connectivity index (χ1) is 13.2. The molecular formula is C21H25N3O2S. The standard InChI is InChI=1S/C21H25N3O2S/c25-19(9-8-17-6-2-1-3-7-17)24-13-5-11-21(24)10-4-12-23(15-21)20(26)18-14-27-16-22-18/h1-3,6-7,14,16H,4-5,8-13,15H2. The first-order valence-electron chi connectivity index (χ1n) is 9.70. The minimum atomic E-state index is -0.183. The Morgan fingerprint density at radius 1 is 1.11 bits per heavy atom. The molecule has 2 aromatic rings. The Balaban J connectivity index is 1.44. The van der Waals surface area contributed by atoms with Crippen LogP contribution in [-0.2, 0) is 11.2 Å². The maximum Gasteiger partial charge on any atom is 0.273 e. The molecule has 2 amide bonds. The van der Waals surface area contributed by atoms with Crippen LogP contribution in [0.2, 0.25) is 0 Å². The molecule has 0 saturated carbocycles. The smallest absolute Gasteiger partial charge is 0.273 e. The Hall–Kier alpha value is -2.21. The lowest BCUT2D eigenvalue weighted by molar-refractivity contribution is -0.137. The Morgan fingerprint density at radius 2 is 1.89 bits per heavy atom. The van der Waals surface area contributed by atoms with Gasteiger partial charge in [0.25, 0.3) is 5.91 Å². The molecule has 0 bridgehead atoms. The number of benzene rings is 1. The summed E-state index contributed by atoms with van der Waals surface area (Å²) in [5.41, 5.74) is 3.24. The van der Waals surface area contributed by atoms with E-state index in [0.717, 1.165) is 45.2 Å². The van der Waals surface area contributed by atoms with E-state index in [0.29, 0.717) is 18.7 Å². The van der Waals surface area contributed by atoms with E-state index in [4.69, 9.17) is 0 Å². The van der Waals surface area contributed by atoms with Gasteiger partial charge >= 0.3 is 0 Å². The van der Waals surface area contributed by atoms with E-state index in [1.54, 1.807) is 10.9 Å². The van der Waals surface area contributed by atoms with Gasteiger partial charge in [0.15, 0.2) is 0 Å². The largest absolute Gasteiger partial charge is 0.335 e. The number of piperidine rings is 1. The van der Waals surface area contributed by atoms with Gasteiger partial charge in [-0.25, -0.2) is 4.98 Å². The van der Waals surface area contributed by atoms with Crippen molar-refractivity contribution in [1.82, 2.24) is 14.8 Å². The van der Waals surface area contributed by atoms with Crippen LogP contribution in [0.5, 0.6) is 0 Å². The fourth-order valence-electron chi connectivity index (χ4n) is 4.55. The van der Waals surface area contributed by atoms with E-state index in [1.165, 1.54) is 16.9 Å². The van der Waals surface area contributed by atoms with Crippen molar-refractivity contribution >= 4 is 23.2 Å². The Morgan fingerprint density at radius 3 is 2.63 bits per heavy atom. The fourth-order valence-corrected chi connectivity index (χ4v) is 5.07. The number of rotatable bonds is 4. The van der Waals surface area contributed by atoms with Crippen LogP contribution in [-0.4, -0.2) is 51.8 Å². The summed E-state index contributed by atoms with van der Waals surface area (Å²) in [7, 11) is 0. The molecule has 2 fully saturated rings. The molecule has 0 N–H and O–H groups in total. The van der Waals surface area contributed by atoms with E-state index >= 15 is 0 Å². The third-order valence-corrected chi connectivity index (χ3v) is 6.45. The normalized spacial score (nSPS) is 22.4. The lowest BCUT2D eigenvalue weighted by Crippen LogP contribution is -2.58. The SMILES string of the molecule is O=C(c1cscn1)N1CCCC2(CCCN2C(=O)CCc2ccccc2)C1. The fraction of sp³-hybridized carbons (Fsp3) is 0.476. The van der Waals surface area contributed by atoms with Crippen LogP contribution in [0.15, 0.2) is 41.2 Å². The predicted octanol–water partition coefficient (Wildman–Crippen LogP) is 3.37. The summed E-state index contributed by atoms with van der Waals surface area (Å²) in [6.45, 7) is 2.21. The van der Waals surface area contributed by atoms with Crippen molar-refractivity contribution in [3.8, 4) is 0 Å². The number of hydrogen-bond acceptors (Lipinski definition) is 4. The van der Waals surface area contributed by atoms with Crippen LogP contribution in [0, 0.1) is 0 Å². The zero-order valence-corrected chi connectivity index (χ0v) is 16.3. The van der Waals surface area contributed by atoms with E-state index in [2.05, 4.69) is 22.0 Å². The van der Waals surface area contributed by atoms with E-state index in [9.17, 15) is 9.59 Å². The Bertz CT molecular complexity index is 793. The zero-order chi connectivity index (χ0) is 18.7. The summed E-state index contributed by atoms with van der Waals surface area (Å²) in [5, 5.41) is 1.81. The molecule has 6 heteroatoms. The van der Waals surface area contributed by atoms with Crippen molar-refractivity contribution in [2.75, 3.05) is 19.6 Å². The molecule has 27 heavy (non-hydrogen) atoms. The molecule has 1 atom stereocenters. The highest BCUT2D eigenvalue weighted by Gasteiger charge is 2.46. The van der Waals surface area contributed by atoms with Crippen molar-refractivity contribution in [1.29, 1.82) is 0 Å². The van der Waals surface area contributed by atoms with Crippen LogP contribution in [0.4, 0.5) is 0 Å². The summed E-state index contributed by atoms with van der Waals surface area (Å²) >= 11 is 1.44. The van der Waals surface area contributed by atoms with E-state index in [-0.39, 0.29) is 17.4 Å². The van der Waals surface area contributed by atoms with Gasteiger partial charge in [-0.15, -0.1) is 11.3 Å². The van der Waals surface area contributed by atoms with E-state index in [1.807, 2.05) is 23.1 Å². The highest BCUT2D eigenvalue weighted by atomic mass is 32.1. The molecule has 0 aliphatic carbocycles. The molecule has 1 spiro atoms. The van der Waals surface area contributed by atoms with Crippen LogP contribution < -0.4 is 0 Å². The lowest BCUT2D eigenvalue weighted by atomic mass is 9.86. The number of nitrogens with zero attached hydrogens (tertiary/aromatic N) is 3. The number of carbonyl (C=O) groups is 2. The number of carbonyl (C=O) groups excluding carboxylic acids is 2. The number of thiazole rings is 1. The third-order valence-electron chi connectivity index (χ3n) is 5.86. The number of likely N-dealkylation sites (tertiary alicyclic amines) is 2. The van der Waals surface area contributed by atoms with Gasteiger partial charge in [0.2, 0.25) is 5.91 Å². The monoisotopic (exact) mass is 383 g/mol. The maximum atomic E-state index is 13.0. The average Bonchev–Trinajstić information content (AvgIpc) is 3.37. The van der Waals surface area contributed by atoms with Crippen LogP contribution in [0.25, 0.3) is 0 Å². The molecule has 2 aliphatic rings. The van der Waals surface area contributed by atoms with Crippen molar-refractivity contribution in [2.45, 2.75) is 44.1 Å². The van der Waals surface area contributed by atoms with Crippen LogP contribution in [0.1, 0.15) is 48.2 Å². The summed E-state index contributed by atoms with van der Waals surface area (Å²) in [6.07, 6.45) is 5.25. The van der Waals surface area contributed by atoms with Crippen molar-refractivity contribution < 1.29 is 9.59 Å². The molecule has 142 valence electrons. The van der Waals surface area contributed by atoms with Gasteiger partial charge in [-0.1, -0.05) is 30.3 Å².